The first kappa shape index (κ1) is 14.5. The monoisotopic (exact) mass is 307 g/mol. The molecular weight excluding hydrogens is 290 g/mol. The number of aliphatic hydroxyl groups is 1. The molecule has 1 saturated heterocycles. The Morgan fingerprint density at radius 1 is 1.38 bits per heavy atom. The fourth-order valence-electron chi connectivity index (χ4n) is 2.47. The number of nitrogens with zero attached hydrogens (tertiary/aromatic N) is 3. The van der Waals surface area contributed by atoms with E-state index in [1.807, 2.05) is 32.0 Å². The van der Waals surface area contributed by atoms with E-state index in [1.54, 1.807) is 6.07 Å². The van der Waals surface area contributed by atoms with Crippen molar-refractivity contribution >= 4 is 11.6 Å². The van der Waals surface area contributed by atoms with Crippen LogP contribution in [-0.4, -0.2) is 38.8 Å². The van der Waals surface area contributed by atoms with Crippen molar-refractivity contribution in [3.05, 3.63) is 35.1 Å². The second-order valence-corrected chi connectivity index (χ2v) is 6.31. The summed E-state index contributed by atoms with van der Waals surface area (Å²) in [6, 6.07) is 7.37. The van der Waals surface area contributed by atoms with Gasteiger partial charge in [0.25, 0.3) is 5.89 Å². The number of aromatic nitrogens is 2. The van der Waals surface area contributed by atoms with Crippen LogP contribution < -0.4 is 0 Å². The highest BCUT2D eigenvalue weighted by Gasteiger charge is 2.43. The third-order valence-electron chi connectivity index (χ3n) is 4.01. The minimum atomic E-state index is -0.588. The van der Waals surface area contributed by atoms with Gasteiger partial charge < -0.3 is 9.63 Å². The van der Waals surface area contributed by atoms with Gasteiger partial charge >= 0.3 is 0 Å². The Morgan fingerprint density at radius 3 is 2.76 bits per heavy atom. The maximum Gasteiger partial charge on any atom is 0.259 e. The summed E-state index contributed by atoms with van der Waals surface area (Å²) in [4.78, 5) is 6.47. The smallest absolute Gasteiger partial charge is 0.259 e. The number of benzene rings is 1. The van der Waals surface area contributed by atoms with E-state index in [0.717, 1.165) is 5.56 Å². The van der Waals surface area contributed by atoms with E-state index in [9.17, 15) is 5.11 Å². The summed E-state index contributed by atoms with van der Waals surface area (Å²) >= 11 is 6.11. The molecule has 2 aromatic rings. The highest BCUT2D eigenvalue weighted by atomic mass is 35.5. The molecule has 1 aromatic heterocycles. The molecule has 0 saturated carbocycles. The van der Waals surface area contributed by atoms with Gasteiger partial charge in [-0.15, -0.1) is 0 Å². The SMILES string of the molecule is CC(C)C1(O)CN(Cc2noc(-c3ccccc3Cl)n2)C1. The Hall–Kier alpha value is -1.43. The molecule has 0 aliphatic carbocycles. The predicted molar refractivity (Wildman–Crippen MR) is 79.8 cm³/mol. The van der Waals surface area contributed by atoms with Gasteiger partial charge in [0.1, 0.15) is 0 Å². The van der Waals surface area contributed by atoms with E-state index in [1.165, 1.54) is 0 Å². The van der Waals surface area contributed by atoms with E-state index in [2.05, 4.69) is 15.0 Å². The number of likely N-dealkylation sites (tertiary alicyclic amines) is 1. The van der Waals surface area contributed by atoms with Crippen LogP contribution in [0.3, 0.4) is 0 Å². The van der Waals surface area contributed by atoms with Crippen molar-refractivity contribution in [3.63, 3.8) is 0 Å². The molecule has 112 valence electrons. The Morgan fingerprint density at radius 2 is 2.10 bits per heavy atom. The zero-order valence-electron chi connectivity index (χ0n) is 12.1. The maximum atomic E-state index is 10.2. The van der Waals surface area contributed by atoms with Crippen LogP contribution in [-0.2, 0) is 6.54 Å². The number of rotatable bonds is 4. The molecule has 0 bridgehead atoms. The lowest BCUT2D eigenvalue weighted by molar-refractivity contribution is -0.131. The van der Waals surface area contributed by atoms with E-state index < -0.39 is 5.60 Å². The Labute approximate surface area is 128 Å². The van der Waals surface area contributed by atoms with Crippen LogP contribution in [0, 0.1) is 5.92 Å². The average molecular weight is 308 g/mol. The van der Waals surface area contributed by atoms with Gasteiger partial charge in [0, 0.05) is 13.1 Å². The Kier molecular flexibility index (Phi) is 3.73. The van der Waals surface area contributed by atoms with Gasteiger partial charge in [-0.25, -0.2) is 0 Å². The number of hydrogen-bond acceptors (Lipinski definition) is 5. The molecule has 1 aliphatic rings. The molecule has 0 spiro atoms. The van der Waals surface area contributed by atoms with E-state index in [0.29, 0.717) is 36.4 Å². The lowest BCUT2D eigenvalue weighted by atomic mass is 9.83. The number of hydrogen-bond donors (Lipinski definition) is 1. The van der Waals surface area contributed by atoms with Gasteiger partial charge in [-0.2, -0.15) is 4.98 Å². The summed E-state index contributed by atoms with van der Waals surface area (Å²) in [5.41, 5.74) is 0.148. The number of halogens is 1. The zero-order valence-corrected chi connectivity index (χ0v) is 12.8. The van der Waals surface area contributed by atoms with Crippen molar-refractivity contribution in [2.75, 3.05) is 13.1 Å². The third kappa shape index (κ3) is 2.81. The lowest BCUT2D eigenvalue weighted by Gasteiger charge is -2.48. The van der Waals surface area contributed by atoms with Gasteiger partial charge in [0.2, 0.25) is 0 Å². The molecule has 5 nitrogen and oxygen atoms in total. The molecule has 1 aromatic carbocycles. The highest BCUT2D eigenvalue weighted by Crippen LogP contribution is 2.30. The van der Waals surface area contributed by atoms with Crippen molar-refractivity contribution in [1.82, 2.24) is 15.0 Å². The molecule has 0 atom stereocenters. The first-order valence-electron chi connectivity index (χ1n) is 7.00. The quantitative estimate of drug-likeness (QED) is 0.940. The van der Waals surface area contributed by atoms with Gasteiger partial charge in [0.05, 0.1) is 22.7 Å². The minimum Gasteiger partial charge on any atom is -0.387 e. The average Bonchev–Trinajstić information content (AvgIpc) is 2.85. The van der Waals surface area contributed by atoms with Crippen LogP contribution in [0.25, 0.3) is 11.5 Å². The van der Waals surface area contributed by atoms with E-state index in [4.69, 9.17) is 16.1 Å². The molecule has 1 fully saturated rings. The lowest BCUT2D eigenvalue weighted by Crippen LogP contribution is -2.63. The Bertz CT molecular complexity index is 635. The van der Waals surface area contributed by atoms with Crippen LogP contribution >= 0.6 is 11.6 Å². The van der Waals surface area contributed by atoms with Crippen LogP contribution in [0.5, 0.6) is 0 Å². The van der Waals surface area contributed by atoms with Crippen molar-refractivity contribution in [2.24, 2.45) is 5.92 Å². The van der Waals surface area contributed by atoms with Crippen molar-refractivity contribution in [3.8, 4) is 11.5 Å². The van der Waals surface area contributed by atoms with E-state index in [-0.39, 0.29) is 5.92 Å². The van der Waals surface area contributed by atoms with Crippen LogP contribution in [0.2, 0.25) is 5.02 Å². The molecule has 1 N–H and O–H groups in total. The molecule has 2 heterocycles. The van der Waals surface area contributed by atoms with Crippen molar-refractivity contribution in [1.29, 1.82) is 0 Å². The molecule has 21 heavy (non-hydrogen) atoms. The maximum absolute atomic E-state index is 10.2. The predicted octanol–water partition coefficient (Wildman–Crippen LogP) is 2.59. The number of β-amino-alcohol motifs (C(OH)–C–C–N with tert-alkyl or cyclic N) is 1. The minimum absolute atomic E-state index is 0.248. The molecule has 0 amide bonds. The first-order valence-corrected chi connectivity index (χ1v) is 7.38. The zero-order chi connectivity index (χ0) is 15.0. The fourth-order valence-corrected chi connectivity index (χ4v) is 2.68. The topological polar surface area (TPSA) is 62.4 Å². The normalized spacial score (nSPS) is 18.0. The first-order chi connectivity index (χ1) is 9.98. The molecule has 3 rings (SSSR count). The van der Waals surface area contributed by atoms with Gasteiger partial charge in [-0.3, -0.25) is 4.90 Å². The van der Waals surface area contributed by atoms with Crippen LogP contribution in [0.15, 0.2) is 28.8 Å². The molecule has 0 unspecified atom stereocenters. The largest absolute Gasteiger partial charge is 0.387 e. The summed E-state index contributed by atoms with van der Waals surface area (Å²) in [6.07, 6.45) is 0. The van der Waals surface area contributed by atoms with Crippen molar-refractivity contribution in [2.45, 2.75) is 26.0 Å². The molecule has 6 heteroatoms. The fraction of sp³-hybridized carbons (Fsp3) is 0.467. The summed E-state index contributed by atoms with van der Waals surface area (Å²) in [7, 11) is 0. The summed E-state index contributed by atoms with van der Waals surface area (Å²) < 4.78 is 5.27. The third-order valence-corrected chi connectivity index (χ3v) is 4.34. The molecule has 1 aliphatic heterocycles. The highest BCUT2D eigenvalue weighted by molar-refractivity contribution is 6.33. The van der Waals surface area contributed by atoms with Crippen LogP contribution in [0.1, 0.15) is 19.7 Å². The standard InChI is InChI=1S/C15H18ClN3O2/c1-10(2)15(20)8-19(9-15)7-13-17-14(21-18-13)11-5-3-4-6-12(11)16/h3-6,10,20H,7-9H2,1-2H3. The second-order valence-electron chi connectivity index (χ2n) is 5.90. The Balaban J connectivity index is 1.66. The molecule has 0 radical (unpaired) electrons. The van der Waals surface area contributed by atoms with Gasteiger partial charge in [-0.05, 0) is 18.1 Å². The van der Waals surface area contributed by atoms with Gasteiger partial charge in [-0.1, -0.05) is 42.7 Å². The second kappa shape index (κ2) is 5.40. The summed E-state index contributed by atoms with van der Waals surface area (Å²) in [6.45, 7) is 5.91. The van der Waals surface area contributed by atoms with E-state index >= 15 is 0 Å². The van der Waals surface area contributed by atoms with Crippen LogP contribution in [0.4, 0.5) is 0 Å². The van der Waals surface area contributed by atoms with Gasteiger partial charge in [0.15, 0.2) is 5.82 Å². The molecular formula is C15H18ClN3O2. The summed E-state index contributed by atoms with van der Waals surface area (Å²) in [5, 5.41) is 14.8. The summed E-state index contributed by atoms with van der Waals surface area (Å²) in [5.74, 6) is 1.28. The van der Waals surface area contributed by atoms with Crippen molar-refractivity contribution < 1.29 is 9.63 Å².